The van der Waals surface area contributed by atoms with Gasteiger partial charge >= 0.3 is 5.97 Å². The third-order valence-corrected chi connectivity index (χ3v) is 3.70. The molecule has 0 fully saturated rings. The molecule has 0 unspecified atom stereocenters. The van der Waals surface area contributed by atoms with E-state index in [2.05, 4.69) is 10.6 Å². The average molecular weight is 372 g/mol. The molecule has 2 amide bonds. The molecular weight excluding hydrogens is 351 g/mol. The number of halogens is 1. The molecule has 7 heteroatoms. The van der Waals surface area contributed by atoms with E-state index in [1.165, 1.54) is 18.2 Å². The molecule has 6 nitrogen and oxygen atoms in total. The largest absolute Gasteiger partial charge is 0.454 e. The fourth-order valence-electron chi connectivity index (χ4n) is 2.38. The number of benzene rings is 2. The first-order chi connectivity index (χ1) is 12.9. The first kappa shape index (κ1) is 20.1. The number of ether oxygens (including phenoxy) is 1. The van der Waals surface area contributed by atoms with Gasteiger partial charge in [-0.1, -0.05) is 38.1 Å². The lowest BCUT2D eigenvalue weighted by Crippen LogP contribution is -2.32. The van der Waals surface area contributed by atoms with E-state index >= 15 is 0 Å². The van der Waals surface area contributed by atoms with E-state index in [0.717, 1.165) is 11.6 Å². The minimum absolute atomic E-state index is 0.0887. The number of carbonyl (C=O) groups is 3. The Morgan fingerprint density at radius 1 is 1.07 bits per heavy atom. The highest BCUT2D eigenvalue weighted by Gasteiger charge is 2.13. The molecule has 0 atom stereocenters. The predicted octanol–water partition coefficient (Wildman–Crippen LogP) is 2.86. The van der Waals surface area contributed by atoms with Gasteiger partial charge in [-0.3, -0.25) is 14.4 Å². The third-order valence-electron chi connectivity index (χ3n) is 3.70. The molecule has 0 saturated carbocycles. The van der Waals surface area contributed by atoms with Crippen LogP contribution in [0.2, 0.25) is 0 Å². The highest BCUT2D eigenvalue weighted by Crippen LogP contribution is 2.23. The average Bonchev–Trinajstić information content (AvgIpc) is 2.64. The molecular formula is C20H21FN2O4. The van der Waals surface area contributed by atoms with E-state index in [1.54, 1.807) is 12.1 Å². The summed E-state index contributed by atoms with van der Waals surface area (Å²) in [5, 5.41) is 5.01. The maximum Gasteiger partial charge on any atom is 0.325 e. The van der Waals surface area contributed by atoms with Crippen molar-refractivity contribution >= 4 is 23.5 Å². The number of hydrogen-bond donors (Lipinski definition) is 2. The van der Waals surface area contributed by atoms with Crippen LogP contribution >= 0.6 is 0 Å². The van der Waals surface area contributed by atoms with Crippen LogP contribution in [0.3, 0.4) is 0 Å². The maximum atomic E-state index is 13.1. The quantitative estimate of drug-likeness (QED) is 0.732. The van der Waals surface area contributed by atoms with Crippen LogP contribution in [-0.4, -0.2) is 30.9 Å². The molecule has 0 aliphatic heterocycles. The Balaban J connectivity index is 1.78. The highest BCUT2D eigenvalue weighted by atomic mass is 19.1. The van der Waals surface area contributed by atoms with Gasteiger partial charge in [-0.25, -0.2) is 4.39 Å². The zero-order valence-corrected chi connectivity index (χ0v) is 15.1. The van der Waals surface area contributed by atoms with E-state index in [9.17, 15) is 18.8 Å². The van der Waals surface area contributed by atoms with Crippen molar-refractivity contribution in [2.45, 2.75) is 19.8 Å². The van der Waals surface area contributed by atoms with E-state index in [1.807, 2.05) is 26.0 Å². The molecule has 0 bridgehead atoms. The molecule has 0 aliphatic rings. The van der Waals surface area contributed by atoms with Crippen molar-refractivity contribution < 1.29 is 23.5 Å². The molecule has 2 aromatic carbocycles. The summed E-state index contributed by atoms with van der Waals surface area (Å²) >= 11 is 0. The molecule has 2 aromatic rings. The summed E-state index contributed by atoms with van der Waals surface area (Å²) in [4.78, 5) is 35.5. The lowest BCUT2D eigenvalue weighted by Gasteiger charge is -2.13. The number of hydrogen-bond acceptors (Lipinski definition) is 4. The Morgan fingerprint density at radius 3 is 2.52 bits per heavy atom. The van der Waals surface area contributed by atoms with Crippen LogP contribution in [0.15, 0.2) is 48.5 Å². The molecule has 2 N–H and O–H groups in total. The van der Waals surface area contributed by atoms with Gasteiger partial charge in [0.2, 0.25) is 0 Å². The van der Waals surface area contributed by atoms with E-state index < -0.39 is 36.8 Å². The topological polar surface area (TPSA) is 84.5 Å². The maximum absolute atomic E-state index is 13.1. The second kappa shape index (κ2) is 9.47. The van der Waals surface area contributed by atoms with Crippen molar-refractivity contribution in [3.05, 3.63) is 65.5 Å². The Hall–Kier alpha value is -3.22. The highest BCUT2D eigenvalue weighted by molar-refractivity contribution is 5.96. The Morgan fingerprint density at radius 2 is 1.81 bits per heavy atom. The van der Waals surface area contributed by atoms with Crippen molar-refractivity contribution in [2.75, 3.05) is 18.5 Å². The summed E-state index contributed by atoms with van der Waals surface area (Å²) in [5.74, 6) is -2.19. The summed E-state index contributed by atoms with van der Waals surface area (Å²) in [6.45, 7) is 3.12. The van der Waals surface area contributed by atoms with E-state index in [-0.39, 0.29) is 11.5 Å². The minimum Gasteiger partial charge on any atom is -0.454 e. The summed E-state index contributed by atoms with van der Waals surface area (Å²) in [7, 11) is 0. The first-order valence-corrected chi connectivity index (χ1v) is 8.45. The number of amides is 2. The smallest absolute Gasteiger partial charge is 0.325 e. The second-order valence-electron chi connectivity index (χ2n) is 6.14. The van der Waals surface area contributed by atoms with E-state index in [0.29, 0.717) is 5.69 Å². The van der Waals surface area contributed by atoms with Gasteiger partial charge in [0.25, 0.3) is 11.8 Å². The molecule has 142 valence electrons. The summed E-state index contributed by atoms with van der Waals surface area (Å²) < 4.78 is 17.9. The van der Waals surface area contributed by atoms with Crippen LogP contribution in [-0.2, 0) is 14.3 Å². The van der Waals surface area contributed by atoms with Gasteiger partial charge < -0.3 is 15.4 Å². The number of nitrogens with one attached hydrogen (secondary N) is 2. The second-order valence-corrected chi connectivity index (χ2v) is 6.14. The van der Waals surface area contributed by atoms with E-state index in [4.69, 9.17) is 4.74 Å². The van der Waals surface area contributed by atoms with Crippen molar-refractivity contribution in [1.82, 2.24) is 5.32 Å². The van der Waals surface area contributed by atoms with Crippen LogP contribution in [0.25, 0.3) is 0 Å². The Labute approximate surface area is 156 Å². The number of esters is 1. The van der Waals surface area contributed by atoms with Crippen LogP contribution in [0.5, 0.6) is 0 Å². The molecule has 0 heterocycles. The molecule has 0 aromatic heterocycles. The van der Waals surface area contributed by atoms with Crippen LogP contribution in [0.1, 0.15) is 35.7 Å². The molecule has 0 radical (unpaired) electrons. The lowest BCUT2D eigenvalue weighted by molar-refractivity contribution is -0.146. The number of carbonyl (C=O) groups excluding carboxylic acids is 3. The fourth-order valence-corrected chi connectivity index (χ4v) is 2.38. The molecule has 2 rings (SSSR count). The fraction of sp³-hybridized carbons (Fsp3) is 0.250. The number of para-hydroxylation sites is 1. The van der Waals surface area contributed by atoms with Crippen molar-refractivity contribution in [3.8, 4) is 0 Å². The molecule has 0 spiro atoms. The van der Waals surface area contributed by atoms with Gasteiger partial charge in [0.15, 0.2) is 6.61 Å². The molecule has 0 saturated heterocycles. The summed E-state index contributed by atoms with van der Waals surface area (Å²) in [6.07, 6.45) is 0. The summed E-state index contributed by atoms with van der Waals surface area (Å²) in [6, 6.07) is 12.4. The third kappa shape index (κ3) is 6.22. The SMILES string of the molecule is CC(C)c1ccccc1NC(=O)COC(=O)CNC(=O)c1cccc(F)c1. The monoisotopic (exact) mass is 372 g/mol. The zero-order valence-electron chi connectivity index (χ0n) is 15.1. The minimum atomic E-state index is -0.771. The van der Waals surface area contributed by atoms with Crippen LogP contribution < -0.4 is 10.6 Å². The number of rotatable bonds is 7. The van der Waals surface area contributed by atoms with Gasteiger partial charge in [-0.2, -0.15) is 0 Å². The predicted molar refractivity (Wildman–Crippen MR) is 98.9 cm³/mol. The van der Waals surface area contributed by atoms with Crippen LogP contribution in [0, 0.1) is 5.82 Å². The molecule has 27 heavy (non-hydrogen) atoms. The summed E-state index contributed by atoms with van der Waals surface area (Å²) in [5.41, 5.74) is 1.72. The van der Waals surface area contributed by atoms with Crippen molar-refractivity contribution in [3.63, 3.8) is 0 Å². The Bertz CT molecular complexity index is 836. The molecule has 0 aliphatic carbocycles. The normalized spacial score (nSPS) is 10.4. The zero-order chi connectivity index (χ0) is 19.8. The van der Waals surface area contributed by atoms with Gasteiger partial charge in [-0.05, 0) is 35.7 Å². The van der Waals surface area contributed by atoms with Gasteiger partial charge in [-0.15, -0.1) is 0 Å². The van der Waals surface area contributed by atoms with Gasteiger partial charge in [0, 0.05) is 11.3 Å². The standard InChI is InChI=1S/C20H21FN2O4/c1-13(2)16-8-3-4-9-17(16)23-18(24)12-27-19(25)11-22-20(26)14-6-5-7-15(21)10-14/h3-10,13H,11-12H2,1-2H3,(H,22,26)(H,23,24). The van der Waals surface area contributed by atoms with Gasteiger partial charge in [0.05, 0.1) is 0 Å². The van der Waals surface area contributed by atoms with Gasteiger partial charge in [0.1, 0.15) is 12.4 Å². The van der Waals surface area contributed by atoms with Crippen molar-refractivity contribution in [2.24, 2.45) is 0 Å². The van der Waals surface area contributed by atoms with Crippen molar-refractivity contribution in [1.29, 1.82) is 0 Å². The van der Waals surface area contributed by atoms with Crippen LogP contribution in [0.4, 0.5) is 10.1 Å². The number of anilines is 1. The Kier molecular flexibility index (Phi) is 7.05. The lowest BCUT2D eigenvalue weighted by atomic mass is 10.0. The first-order valence-electron chi connectivity index (χ1n) is 8.45.